The molecule has 13 heavy (non-hydrogen) atoms. The van der Waals surface area contributed by atoms with Crippen LogP contribution in [0.25, 0.3) is 0 Å². The summed E-state index contributed by atoms with van der Waals surface area (Å²) in [5.74, 6) is 1.70. The highest BCUT2D eigenvalue weighted by molar-refractivity contribution is 4.79. The Hall–Kier alpha value is -0.0800. The number of hydrogen-bond donors (Lipinski definition) is 0. The molecule has 75 valence electrons. The van der Waals surface area contributed by atoms with E-state index < -0.39 is 0 Å². The zero-order valence-corrected chi connectivity index (χ0v) is 8.53. The third kappa shape index (κ3) is 2.44. The fourth-order valence-corrected chi connectivity index (χ4v) is 2.07. The van der Waals surface area contributed by atoms with Crippen LogP contribution in [0.15, 0.2) is 0 Å². The molecule has 2 aliphatic rings. The number of rotatable bonds is 4. The predicted molar refractivity (Wildman–Crippen MR) is 50.8 cm³/mol. The fourth-order valence-electron chi connectivity index (χ4n) is 2.07. The summed E-state index contributed by atoms with van der Waals surface area (Å²) >= 11 is 0. The summed E-state index contributed by atoms with van der Waals surface area (Å²) in [5.41, 5.74) is 0. The van der Waals surface area contributed by atoms with Crippen molar-refractivity contribution in [1.29, 1.82) is 0 Å². The van der Waals surface area contributed by atoms with Gasteiger partial charge in [-0.25, -0.2) is 0 Å². The Kier molecular flexibility index (Phi) is 2.89. The minimum Gasteiger partial charge on any atom is -0.345 e. The molecular formula is C11H19O2. The molecule has 0 N–H and O–H groups in total. The average molecular weight is 183 g/mol. The summed E-state index contributed by atoms with van der Waals surface area (Å²) in [6.45, 7) is 6.09. The monoisotopic (exact) mass is 183 g/mol. The van der Waals surface area contributed by atoms with E-state index in [0.29, 0.717) is 12.2 Å². The molecule has 2 saturated carbocycles. The van der Waals surface area contributed by atoms with Crippen LogP contribution in [0.5, 0.6) is 0 Å². The second-order valence-electron chi connectivity index (χ2n) is 4.77. The van der Waals surface area contributed by atoms with Gasteiger partial charge in [0, 0.05) is 0 Å². The van der Waals surface area contributed by atoms with E-state index in [9.17, 15) is 0 Å². The molecule has 0 aliphatic heterocycles. The highest BCUT2D eigenvalue weighted by Gasteiger charge is 2.29. The van der Waals surface area contributed by atoms with Gasteiger partial charge in [0.05, 0.1) is 12.2 Å². The Morgan fingerprint density at radius 3 is 1.54 bits per heavy atom. The third-order valence-corrected chi connectivity index (χ3v) is 3.16. The lowest BCUT2D eigenvalue weighted by Gasteiger charge is -2.35. The Morgan fingerprint density at radius 2 is 1.23 bits per heavy atom. The average Bonchev–Trinajstić information content (AvgIpc) is 1.97. The molecule has 0 aromatic rings. The summed E-state index contributed by atoms with van der Waals surface area (Å²) in [5, 5.41) is 0. The van der Waals surface area contributed by atoms with Crippen LogP contribution in [0.4, 0.5) is 0 Å². The molecule has 2 aliphatic carbocycles. The van der Waals surface area contributed by atoms with Gasteiger partial charge in [0.25, 0.3) is 0 Å². The van der Waals surface area contributed by atoms with E-state index in [1.807, 2.05) is 0 Å². The molecule has 0 unspecified atom stereocenters. The van der Waals surface area contributed by atoms with E-state index in [1.165, 1.54) is 25.7 Å². The van der Waals surface area contributed by atoms with Crippen LogP contribution in [0, 0.1) is 18.6 Å². The minimum atomic E-state index is 0.437. The topological polar surface area (TPSA) is 18.5 Å². The van der Waals surface area contributed by atoms with E-state index in [-0.39, 0.29) is 0 Å². The van der Waals surface area contributed by atoms with Gasteiger partial charge >= 0.3 is 0 Å². The first-order valence-corrected chi connectivity index (χ1v) is 5.36. The number of hydrogen-bond acceptors (Lipinski definition) is 2. The summed E-state index contributed by atoms with van der Waals surface area (Å²) in [7, 11) is 0. The summed E-state index contributed by atoms with van der Waals surface area (Å²) in [4.78, 5) is 0. The molecule has 0 saturated heterocycles. The van der Waals surface area contributed by atoms with E-state index >= 15 is 0 Å². The molecular weight excluding hydrogens is 164 g/mol. The van der Waals surface area contributed by atoms with Crippen molar-refractivity contribution in [2.75, 3.05) is 0 Å². The van der Waals surface area contributed by atoms with Gasteiger partial charge in [-0.1, -0.05) is 13.8 Å². The minimum absolute atomic E-state index is 0.437. The second-order valence-corrected chi connectivity index (χ2v) is 4.77. The molecule has 1 radical (unpaired) electrons. The largest absolute Gasteiger partial charge is 0.345 e. The van der Waals surface area contributed by atoms with Crippen molar-refractivity contribution in [3.8, 4) is 0 Å². The molecule has 0 atom stereocenters. The lowest BCUT2D eigenvalue weighted by atomic mass is 9.84. The summed E-state index contributed by atoms with van der Waals surface area (Å²) < 4.78 is 10.9. The Bertz CT molecular complexity index is 139. The molecule has 2 rings (SSSR count). The predicted octanol–water partition coefficient (Wildman–Crippen LogP) is 2.74. The van der Waals surface area contributed by atoms with Gasteiger partial charge < -0.3 is 9.47 Å². The standard InChI is InChI=1S/C11H19O2/c1-8-3-10(4-8)12-7-13-11-5-9(2)6-11/h7-11H,3-6H2,1-2H3. The molecule has 0 bridgehead atoms. The first-order chi connectivity index (χ1) is 6.24. The summed E-state index contributed by atoms with van der Waals surface area (Å²) in [6, 6.07) is 0. The maximum atomic E-state index is 5.44. The van der Waals surface area contributed by atoms with Crippen LogP contribution in [0.3, 0.4) is 0 Å². The highest BCUT2D eigenvalue weighted by Crippen LogP contribution is 2.32. The van der Waals surface area contributed by atoms with Crippen LogP contribution >= 0.6 is 0 Å². The van der Waals surface area contributed by atoms with Crippen LogP contribution < -0.4 is 0 Å². The number of ether oxygens (including phenoxy) is 2. The zero-order valence-electron chi connectivity index (χ0n) is 8.53. The van der Waals surface area contributed by atoms with Crippen molar-refractivity contribution in [2.45, 2.75) is 51.7 Å². The molecule has 0 heterocycles. The van der Waals surface area contributed by atoms with Gasteiger partial charge in [0.2, 0.25) is 6.79 Å². The van der Waals surface area contributed by atoms with Crippen LogP contribution in [0.1, 0.15) is 39.5 Å². The first kappa shape index (κ1) is 9.47. The SMILES string of the molecule is CC1CC(O[CH]OC2CC(C)C2)C1. The van der Waals surface area contributed by atoms with Crippen molar-refractivity contribution in [2.24, 2.45) is 11.8 Å². The molecule has 0 spiro atoms. The van der Waals surface area contributed by atoms with E-state index in [0.717, 1.165) is 11.8 Å². The van der Waals surface area contributed by atoms with Gasteiger partial charge in [0.15, 0.2) is 0 Å². The van der Waals surface area contributed by atoms with Crippen LogP contribution in [-0.4, -0.2) is 12.2 Å². The Balaban J connectivity index is 1.46. The smallest absolute Gasteiger partial charge is 0.209 e. The van der Waals surface area contributed by atoms with E-state index in [2.05, 4.69) is 13.8 Å². The first-order valence-electron chi connectivity index (χ1n) is 5.36. The zero-order chi connectivity index (χ0) is 9.26. The lowest BCUT2D eigenvalue weighted by molar-refractivity contribution is -0.111. The third-order valence-electron chi connectivity index (χ3n) is 3.16. The maximum Gasteiger partial charge on any atom is 0.209 e. The van der Waals surface area contributed by atoms with Crippen molar-refractivity contribution in [1.82, 2.24) is 0 Å². The summed E-state index contributed by atoms with van der Waals surface area (Å²) in [6.07, 6.45) is 5.66. The van der Waals surface area contributed by atoms with Gasteiger partial charge in [0.1, 0.15) is 0 Å². The van der Waals surface area contributed by atoms with Gasteiger partial charge in [-0.05, 0) is 37.5 Å². The van der Waals surface area contributed by atoms with E-state index in [4.69, 9.17) is 9.47 Å². The van der Waals surface area contributed by atoms with Crippen LogP contribution in [0.2, 0.25) is 0 Å². The molecule has 0 amide bonds. The molecule has 0 aromatic heterocycles. The van der Waals surface area contributed by atoms with Gasteiger partial charge in [-0.15, -0.1) is 0 Å². The quantitative estimate of drug-likeness (QED) is 0.667. The Morgan fingerprint density at radius 1 is 0.846 bits per heavy atom. The normalized spacial score (nSPS) is 43.8. The van der Waals surface area contributed by atoms with E-state index in [1.54, 1.807) is 6.79 Å². The Labute approximate surface area is 80.6 Å². The van der Waals surface area contributed by atoms with Crippen LogP contribution in [-0.2, 0) is 9.47 Å². The maximum absolute atomic E-state index is 5.44. The van der Waals surface area contributed by atoms with Crippen molar-refractivity contribution < 1.29 is 9.47 Å². The fraction of sp³-hybridized carbons (Fsp3) is 0.909. The van der Waals surface area contributed by atoms with Gasteiger partial charge in [-0.2, -0.15) is 0 Å². The molecule has 2 nitrogen and oxygen atoms in total. The van der Waals surface area contributed by atoms with Crippen molar-refractivity contribution >= 4 is 0 Å². The molecule has 0 aromatic carbocycles. The van der Waals surface area contributed by atoms with Crippen molar-refractivity contribution in [3.63, 3.8) is 0 Å². The van der Waals surface area contributed by atoms with Crippen molar-refractivity contribution in [3.05, 3.63) is 6.79 Å². The van der Waals surface area contributed by atoms with Gasteiger partial charge in [-0.3, -0.25) is 0 Å². The highest BCUT2D eigenvalue weighted by atomic mass is 16.7. The molecule has 2 heteroatoms. The molecule has 2 fully saturated rings. The second kappa shape index (κ2) is 3.97. The lowest BCUT2D eigenvalue weighted by Crippen LogP contribution is -2.32.